The molecule has 1 aromatic heterocycles. The van der Waals surface area contributed by atoms with Crippen molar-refractivity contribution >= 4 is 6.03 Å². The molecule has 0 radical (unpaired) electrons. The third-order valence-corrected chi connectivity index (χ3v) is 1.37. The lowest BCUT2D eigenvalue weighted by atomic mass is 10.3. The number of pyridine rings is 1. The largest absolute Gasteiger partial charge is 0.338 e. The maximum Gasteiger partial charge on any atom is 0.338 e. The minimum Gasteiger partial charge on any atom is -0.332 e. The van der Waals surface area contributed by atoms with Gasteiger partial charge < -0.3 is 5.32 Å². The van der Waals surface area contributed by atoms with Gasteiger partial charge in [-0.2, -0.15) is 0 Å². The van der Waals surface area contributed by atoms with Crippen LogP contribution in [0, 0.1) is 0 Å². The smallest absolute Gasteiger partial charge is 0.332 e. The maximum absolute atomic E-state index is 10.8. The summed E-state index contributed by atoms with van der Waals surface area (Å²) < 4.78 is 0. The van der Waals surface area contributed by atoms with Gasteiger partial charge >= 0.3 is 6.03 Å². The quantitative estimate of drug-likeness (QED) is 0.665. The fourth-order valence-electron chi connectivity index (χ4n) is 0.814. The molecule has 0 aliphatic heterocycles. The number of nitrogens with one attached hydrogen (secondary N) is 2. The van der Waals surface area contributed by atoms with Crippen molar-refractivity contribution < 1.29 is 9.63 Å². The topological polar surface area (TPSA) is 63.2 Å². The molecule has 1 heterocycles. The van der Waals surface area contributed by atoms with Crippen molar-refractivity contribution in [1.29, 1.82) is 0 Å². The maximum atomic E-state index is 10.8. The Hall–Kier alpha value is -1.62. The van der Waals surface area contributed by atoms with Gasteiger partial charge in [0.2, 0.25) is 0 Å². The molecule has 0 bridgehead atoms. The lowest BCUT2D eigenvalue weighted by molar-refractivity contribution is 0.107. The van der Waals surface area contributed by atoms with Crippen molar-refractivity contribution in [3.8, 4) is 0 Å². The molecule has 0 saturated heterocycles. The van der Waals surface area contributed by atoms with E-state index < -0.39 is 0 Å². The Balaban J connectivity index is 2.31. The molecule has 0 fully saturated rings. The molecule has 2 amide bonds. The second-order valence-electron chi connectivity index (χ2n) is 2.35. The van der Waals surface area contributed by atoms with Gasteiger partial charge in [0.05, 0.1) is 7.11 Å². The molecule has 0 spiro atoms. The Bertz CT molecular complexity index is 263. The normalized spacial score (nSPS) is 9.31. The van der Waals surface area contributed by atoms with Crippen LogP contribution in [0.25, 0.3) is 0 Å². The van der Waals surface area contributed by atoms with Gasteiger partial charge in [-0.25, -0.2) is 10.3 Å². The van der Waals surface area contributed by atoms with Crippen LogP contribution in [-0.4, -0.2) is 18.1 Å². The van der Waals surface area contributed by atoms with Crippen LogP contribution >= 0.6 is 0 Å². The van der Waals surface area contributed by atoms with E-state index in [0.29, 0.717) is 6.54 Å². The molecule has 5 heteroatoms. The molecule has 0 aliphatic rings. The van der Waals surface area contributed by atoms with E-state index in [0.717, 1.165) is 5.56 Å². The van der Waals surface area contributed by atoms with Gasteiger partial charge in [-0.05, 0) is 11.6 Å². The summed E-state index contributed by atoms with van der Waals surface area (Å²) >= 11 is 0. The summed E-state index contributed by atoms with van der Waals surface area (Å²) in [5.74, 6) is 0. The monoisotopic (exact) mass is 181 g/mol. The highest BCUT2D eigenvalue weighted by molar-refractivity contribution is 5.72. The highest BCUT2D eigenvalue weighted by atomic mass is 16.6. The van der Waals surface area contributed by atoms with Crippen LogP contribution in [0.3, 0.4) is 0 Å². The number of rotatable bonds is 3. The number of hydrogen-bond acceptors (Lipinski definition) is 3. The zero-order chi connectivity index (χ0) is 9.52. The van der Waals surface area contributed by atoms with E-state index in [2.05, 4.69) is 20.6 Å². The lowest BCUT2D eigenvalue weighted by Crippen LogP contribution is -2.34. The Morgan fingerprint density at radius 1 is 1.69 bits per heavy atom. The van der Waals surface area contributed by atoms with E-state index >= 15 is 0 Å². The van der Waals surface area contributed by atoms with Crippen LogP contribution in [0.1, 0.15) is 5.56 Å². The van der Waals surface area contributed by atoms with E-state index in [1.165, 1.54) is 7.11 Å². The Morgan fingerprint density at radius 2 is 2.54 bits per heavy atom. The van der Waals surface area contributed by atoms with Gasteiger partial charge in [0, 0.05) is 18.9 Å². The van der Waals surface area contributed by atoms with E-state index in [-0.39, 0.29) is 6.03 Å². The van der Waals surface area contributed by atoms with Gasteiger partial charge in [-0.1, -0.05) is 6.07 Å². The fraction of sp³-hybridized carbons (Fsp3) is 0.250. The number of hydroxylamine groups is 1. The molecule has 0 unspecified atom stereocenters. The molecule has 0 saturated carbocycles. The summed E-state index contributed by atoms with van der Waals surface area (Å²) in [6.45, 7) is 0.434. The minimum atomic E-state index is -0.369. The van der Waals surface area contributed by atoms with Gasteiger partial charge in [0.15, 0.2) is 0 Å². The summed E-state index contributed by atoms with van der Waals surface area (Å²) in [6.07, 6.45) is 3.37. The first-order valence-electron chi connectivity index (χ1n) is 3.78. The van der Waals surface area contributed by atoms with Crippen LogP contribution in [-0.2, 0) is 11.4 Å². The van der Waals surface area contributed by atoms with Crippen molar-refractivity contribution in [3.05, 3.63) is 30.1 Å². The van der Waals surface area contributed by atoms with Crippen LogP contribution in [0.2, 0.25) is 0 Å². The van der Waals surface area contributed by atoms with Crippen LogP contribution in [0.4, 0.5) is 4.79 Å². The van der Waals surface area contributed by atoms with Crippen LogP contribution in [0.5, 0.6) is 0 Å². The lowest BCUT2D eigenvalue weighted by Gasteiger charge is -2.04. The first-order valence-corrected chi connectivity index (χ1v) is 3.78. The second kappa shape index (κ2) is 5.10. The summed E-state index contributed by atoms with van der Waals surface area (Å²) in [7, 11) is 1.38. The molecular weight excluding hydrogens is 170 g/mol. The zero-order valence-electron chi connectivity index (χ0n) is 7.28. The third-order valence-electron chi connectivity index (χ3n) is 1.37. The van der Waals surface area contributed by atoms with Crippen molar-refractivity contribution in [3.63, 3.8) is 0 Å². The summed E-state index contributed by atoms with van der Waals surface area (Å²) in [5.41, 5.74) is 3.08. The predicted molar refractivity (Wildman–Crippen MR) is 46.6 cm³/mol. The molecule has 0 aromatic carbocycles. The Morgan fingerprint density at radius 3 is 3.15 bits per heavy atom. The van der Waals surface area contributed by atoms with Crippen molar-refractivity contribution in [2.75, 3.05) is 7.11 Å². The summed E-state index contributed by atoms with van der Waals surface area (Å²) in [4.78, 5) is 19.2. The van der Waals surface area contributed by atoms with E-state index in [1.54, 1.807) is 12.4 Å². The average Bonchev–Trinajstić information content (AvgIpc) is 2.17. The van der Waals surface area contributed by atoms with Gasteiger partial charge in [0.25, 0.3) is 0 Å². The SMILES string of the molecule is CONC(=O)NCc1cccnc1. The number of carbonyl (C=O) groups excluding carboxylic acids is 1. The fourth-order valence-corrected chi connectivity index (χ4v) is 0.814. The van der Waals surface area contributed by atoms with Gasteiger partial charge in [-0.15, -0.1) is 0 Å². The molecule has 0 atom stereocenters. The molecule has 1 rings (SSSR count). The first kappa shape index (κ1) is 9.47. The standard InChI is InChI=1S/C8H11N3O2/c1-13-11-8(12)10-6-7-3-2-4-9-5-7/h2-5H,6H2,1H3,(H2,10,11,12). The zero-order valence-corrected chi connectivity index (χ0v) is 7.28. The van der Waals surface area contributed by atoms with Crippen molar-refractivity contribution in [2.45, 2.75) is 6.54 Å². The van der Waals surface area contributed by atoms with Crippen LogP contribution < -0.4 is 10.8 Å². The van der Waals surface area contributed by atoms with Gasteiger partial charge in [-0.3, -0.25) is 9.82 Å². The molecule has 1 aromatic rings. The molecule has 2 N–H and O–H groups in total. The molecule has 70 valence electrons. The first-order chi connectivity index (χ1) is 6.33. The Kier molecular flexibility index (Phi) is 3.72. The number of carbonyl (C=O) groups is 1. The molecular formula is C8H11N3O2. The average molecular weight is 181 g/mol. The van der Waals surface area contributed by atoms with Crippen molar-refractivity contribution in [2.24, 2.45) is 0 Å². The van der Waals surface area contributed by atoms with E-state index in [4.69, 9.17) is 0 Å². The van der Waals surface area contributed by atoms with Crippen molar-refractivity contribution in [1.82, 2.24) is 15.8 Å². The van der Waals surface area contributed by atoms with Gasteiger partial charge in [0.1, 0.15) is 0 Å². The molecule has 0 aliphatic carbocycles. The number of hydrogen-bond donors (Lipinski definition) is 2. The molecule has 13 heavy (non-hydrogen) atoms. The number of amides is 2. The van der Waals surface area contributed by atoms with Crippen LogP contribution in [0.15, 0.2) is 24.5 Å². The number of aromatic nitrogens is 1. The third kappa shape index (κ3) is 3.53. The summed E-state index contributed by atoms with van der Waals surface area (Å²) in [6, 6.07) is 3.32. The summed E-state index contributed by atoms with van der Waals surface area (Å²) in [5, 5.41) is 2.58. The second-order valence-corrected chi connectivity index (χ2v) is 2.35. The van der Waals surface area contributed by atoms with E-state index in [1.807, 2.05) is 12.1 Å². The highest BCUT2D eigenvalue weighted by Crippen LogP contribution is 1.93. The predicted octanol–water partition coefficient (Wildman–Crippen LogP) is 0.442. The number of urea groups is 1. The number of nitrogens with zero attached hydrogens (tertiary/aromatic N) is 1. The highest BCUT2D eigenvalue weighted by Gasteiger charge is 1.97. The molecule has 5 nitrogen and oxygen atoms in total. The minimum absolute atomic E-state index is 0.369. The van der Waals surface area contributed by atoms with E-state index in [9.17, 15) is 4.79 Å². The Labute approximate surface area is 76.1 Å².